The molecule has 0 saturated carbocycles. The zero-order valence-corrected chi connectivity index (χ0v) is 16.6. The van der Waals surface area contributed by atoms with Crippen LogP contribution in [0.15, 0.2) is 48.8 Å². The molecule has 2 N–H and O–H groups in total. The highest BCUT2D eigenvalue weighted by Crippen LogP contribution is 2.43. The third-order valence-electron chi connectivity index (χ3n) is 5.68. The molecule has 3 aromatic rings. The van der Waals surface area contributed by atoms with E-state index in [1.165, 1.54) is 6.07 Å². The van der Waals surface area contributed by atoms with Gasteiger partial charge < -0.3 is 15.2 Å². The molecule has 0 bridgehead atoms. The number of aromatic amines is 1. The molecule has 0 spiro atoms. The fourth-order valence-electron chi connectivity index (χ4n) is 4.48. The predicted octanol–water partition coefficient (Wildman–Crippen LogP) is 3.58. The lowest BCUT2D eigenvalue weighted by atomic mass is 9.89. The number of aromatic nitrogens is 2. The molecule has 2 aromatic carbocycles. The standard InChI is InChI=1S/C20H19FN4O.2ClH/c21-15-3-1-2-12(6-15)19-16-9-22-8-14(16)10-25(19)20(26)13-4-5-17-18(7-13)24-11-23-17;;/h1-7,11,14,16,19,22H,8-10H2,(H,23,24);2*1H/t14-,16-,19+;;/m0../s1. The van der Waals surface area contributed by atoms with Gasteiger partial charge in [-0.25, -0.2) is 9.37 Å². The van der Waals surface area contributed by atoms with Crippen LogP contribution < -0.4 is 5.32 Å². The summed E-state index contributed by atoms with van der Waals surface area (Å²) < 4.78 is 13.8. The largest absolute Gasteiger partial charge is 0.345 e. The van der Waals surface area contributed by atoms with E-state index in [-0.39, 0.29) is 42.6 Å². The summed E-state index contributed by atoms with van der Waals surface area (Å²) in [6.45, 7) is 2.45. The highest BCUT2D eigenvalue weighted by molar-refractivity contribution is 5.97. The number of amides is 1. The quantitative estimate of drug-likeness (QED) is 0.663. The molecule has 2 aliphatic rings. The van der Waals surface area contributed by atoms with Gasteiger partial charge in [0.15, 0.2) is 0 Å². The Hall–Kier alpha value is -2.15. The first-order chi connectivity index (χ1) is 12.7. The van der Waals surface area contributed by atoms with Crippen LogP contribution in [0.5, 0.6) is 0 Å². The molecular formula is C20H21Cl2FN4O. The van der Waals surface area contributed by atoms with Crippen molar-refractivity contribution in [2.45, 2.75) is 6.04 Å². The molecule has 2 fully saturated rings. The molecule has 28 heavy (non-hydrogen) atoms. The number of H-pyrrole nitrogens is 1. The second kappa shape index (κ2) is 8.07. The molecule has 1 aromatic heterocycles. The summed E-state index contributed by atoms with van der Waals surface area (Å²) in [5.74, 6) is 0.452. The van der Waals surface area contributed by atoms with Crippen LogP contribution >= 0.6 is 24.8 Å². The molecule has 1 amide bonds. The van der Waals surface area contributed by atoms with Gasteiger partial charge in [-0.05, 0) is 41.8 Å². The summed E-state index contributed by atoms with van der Waals surface area (Å²) >= 11 is 0. The van der Waals surface area contributed by atoms with Gasteiger partial charge >= 0.3 is 0 Å². The van der Waals surface area contributed by atoms with Gasteiger partial charge in [0.25, 0.3) is 5.91 Å². The van der Waals surface area contributed by atoms with Crippen molar-refractivity contribution < 1.29 is 9.18 Å². The van der Waals surface area contributed by atoms with Crippen LogP contribution in [-0.4, -0.2) is 40.4 Å². The van der Waals surface area contributed by atoms with E-state index < -0.39 is 0 Å². The van der Waals surface area contributed by atoms with Gasteiger partial charge in [-0.15, -0.1) is 24.8 Å². The zero-order chi connectivity index (χ0) is 17.7. The Balaban J connectivity index is 0.00000112. The number of fused-ring (bicyclic) bond motifs is 2. The highest BCUT2D eigenvalue weighted by atomic mass is 35.5. The van der Waals surface area contributed by atoms with Crippen molar-refractivity contribution in [1.82, 2.24) is 20.2 Å². The number of carbonyl (C=O) groups excluding carboxylic acids is 1. The number of benzene rings is 2. The number of imidazole rings is 1. The summed E-state index contributed by atoms with van der Waals surface area (Å²) in [5, 5.41) is 3.41. The van der Waals surface area contributed by atoms with E-state index in [0.29, 0.717) is 23.9 Å². The summed E-state index contributed by atoms with van der Waals surface area (Å²) in [6, 6.07) is 12.1. The maximum atomic E-state index is 13.8. The van der Waals surface area contributed by atoms with E-state index in [1.54, 1.807) is 18.5 Å². The molecule has 0 aliphatic carbocycles. The first-order valence-corrected chi connectivity index (χ1v) is 8.91. The monoisotopic (exact) mass is 422 g/mol. The number of halogens is 3. The second-order valence-corrected chi connectivity index (χ2v) is 7.17. The van der Waals surface area contributed by atoms with Crippen molar-refractivity contribution in [1.29, 1.82) is 0 Å². The van der Waals surface area contributed by atoms with Crippen molar-refractivity contribution in [3.8, 4) is 0 Å². The van der Waals surface area contributed by atoms with E-state index in [1.807, 2.05) is 29.2 Å². The molecule has 5 nitrogen and oxygen atoms in total. The molecular weight excluding hydrogens is 402 g/mol. The van der Waals surface area contributed by atoms with Gasteiger partial charge in [-0.1, -0.05) is 12.1 Å². The Morgan fingerprint density at radius 3 is 2.82 bits per heavy atom. The SMILES string of the molecule is Cl.Cl.O=C(c1ccc2nc[nH]c2c1)N1C[C@@H]2CNC[C@@H]2[C@H]1c1cccc(F)c1. The lowest BCUT2D eigenvalue weighted by Crippen LogP contribution is -2.34. The lowest BCUT2D eigenvalue weighted by Gasteiger charge is -2.28. The van der Waals surface area contributed by atoms with Gasteiger partial charge in [0.05, 0.1) is 23.4 Å². The molecule has 148 valence electrons. The maximum Gasteiger partial charge on any atom is 0.254 e. The Morgan fingerprint density at radius 2 is 2.00 bits per heavy atom. The molecule has 3 atom stereocenters. The lowest BCUT2D eigenvalue weighted by molar-refractivity contribution is 0.0714. The number of rotatable bonds is 2. The number of nitrogens with zero attached hydrogens (tertiary/aromatic N) is 2. The molecule has 0 radical (unpaired) electrons. The molecule has 2 saturated heterocycles. The summed E-state index contributed by atoms with van der Waals surface area (Å²) in [7, 11) is 0. The number of hydrogen-bond acceptors (Lipinski definition) is 3. The number of hydrogen-bond donors (Lipinski definition) is 2. The third-order valence-corrected chi connectivity index (χ3v) is 5.68. The zero-order valence-electron chi connectivity index (χ0n) is 15.0. The fraction of sp³-hybridized carbons (Fsp3) is 0.300. The average Bonchev–Trinajstić information content (AvgIpc) is 3.35. The van der Waals surface area contributed by atoms with Gasteiger partial charge in [-0.2, -0.15) is 0 Å². The molecule has 8 heteroatoms. The summed E-state index contributed by atoms with van der Waals surface area (Å²) in [4.78, 5) is 22.5. The summed E-state index contributed by atoms with van der Waals surface area (Å²) in [6.07, 6.45) is 1.63. The van der Waals surface area contributed by atoms with Crippen LogP contribution in [0.2, 0.25) is 0 Å². The van der Waals surface area contributed by atoms with Crippen LogP contribution in [0.1, 0.15) is 22.0 Å². The summed E-state index contributed by atoms with van der Waals surface area (Å²) in [5.41, 5.74) is 3.19. The molecule has 3 heterocycles. The average molecular weight is 423 g/mol. The number of nitrogens with one attached hydrogen (secondary N) is 2. The third kappa shape index (κ3) is 3.36. The number of carbonyl (C=O) groups is 1. The van der Waals surface area contributed by atoms with E-state index in [9.17, 15) is 9.18 Å². The van der Waals surface area contributed by atoms with Gasteiger partial charge in [-0.3, -0.25) is 4.79 Å². The minimum Gasteiger partial charge on any atom is -0.345 e. The van der Waals surface area contributed by atoms with Crippen molar-refractivity contribution in [3.63, 3.8) is 0 Å². The predicted molar refractivity (Wildman–Crippen MR) is 111 cm³/mol. The van der Waals surface area contributed by atoms with Gasteiger partial charge in [0, 0.05) is 31.1 Å². The Kier molecular flexibility index (Phi) is 5.93. The van der Waals surface area contributed by atoms with E-state index in [0.717, 1.165) is 29.7 Å². The van der Waals surface area contributed by atoms with Crippen molar-refractivity contribution in [2.75, 3.05) is 19.6 Å². The first-order valence-electron chi connectivity index (χ1n) is 8.91. The van der Waals surface area contributed by atoms with Crippen molar-refractivity contribution >= 4 is 41.8 Å². The van der Waals surface area contributed by atoms with E-state index in [2.05, 4.69) is 15.3 Å². The minimum absolute atomic E-state index is 0. The topological polar surface area (TPSA) is 61.0 Å². The maximum absolute atomic E-state index is 13.8. The van der Waals surface area contributed by atoms with Crippen LogP contribution in [0.4, 0.5) is 4.39 Å². The van der Waals surface area contributed by atoms with Gasteiger partial charge in [0.2, 0.25) is 0 Å². The fourth-order valence-corrected chi connectivity index (χ4v) is 4.48. The van der Waals surface area contributed by atoms with Crippen molar-refractivity contribution in [2.24, 2.45) is 11.8 Å². The van der Waals surface area contributed by atoms with E-state index >= 15 is 0 Å². The highest BCUT2D eigenvalue weighted by Gasteiger charge is 2.46. The van der Waals surface area contributed by atoms with Crippen LogP contribution in [-0.2, 0) is 0 Å². The van der Waals surface area contributed by atoms with Crippen LogP contribution in [0, 0.1) is 17.7 Å². The van der Waals surface area contributed by atoms with Crippen LogP contribution in [0.25, 0.3) is 11.0 Å². The van der Waals surface area contributed by atoms with Crippen molar-refractivity contribution in [3.05, 3.63) is 65.7 Å². The van der Waals surface area contributed by atoms with Gasteiger partial charge in [0.1, 0.15) is 5.82 Å². The van der Waals surface area contributed by atoms with E-state index in [4.69, 9.17) is 0 Å². The van der Waals surface area contributed by atoms with Crippen LogP contribution in [0.3, 0.4) is 0 Å². The molecule has 5 rings (SSSR count). The first kappa shape index (κ1) is 20.6. The molecule has 2 aliphatic heterocycles. The Bertz CT molecular complexity index is 995. The minimum atomic E-state index is -0.261. The number of likely N-dealkylation sites (tertiary alicyclic amines) is 1. The Labute approximate surface area is 174 Å². The Morgan fingerprint density at radius 1 is 1.14 bits per heavy atom. The normalized spacial score (nSPS) is 23.2. The second-order valence-electron chi connectivity index (χ2n) is 7.17. The smallest absolute Gasteiger partial charge is 0.254 e. The molecule has 0 unspecified atom stereocenters.